The Balaban J connectivity index is 2.20. The summed E-state index contributed by atoms with van der Waals surface area (Å²) < 4.78 is 5.88. The van der Waals surface area contributed by atoms with E-state index in [1.54, 1.807) is 0 Å². The van der Waals surface area contributed by atoms with E-state index in [1.165, 1.54) is 5.20 Å². The molecule has 1 aliphatic carbocycles. The Labute approximate surface area is 112 Å². The molecule has 0 fully saturated rings. The summed E-state index contributed by atoms with van der Waals surface area (Å²) in [6, 6.07) is 0.296. The van der Waals surface area contributed by atoms with Gasteiger partial charge in [-0.3, -0.25) is 0 Å². The number of hydrogen-bond donors (Lipinski definition) is 0. The maximum absolute atomic E-state index is 5.88. The molecule has 0 saturated heterocycles. The number of rotatable bonds is 2. The number of nitrogens with zero attached hydrogens (tertiary/aromatic N) is 1. The molecule has 2 rings (SSSR count). The third-order valence-corrected chi connectivity index (χ3v) is 5.93. The highest BCUT2D eigenvalue weighted by Gasteiger charge is 2.37. The van der Waals surface area contributed by atoms with Crippen molar-refractivity contribution in [1.29, 1.82) is 0 Å². The zero-order valence-corrected chi connectivity index (χ0v) is 13.4. The van der Waals surface area contributed by atoms with Crippen molar-refractivity contribution in [3.63, 3.8) is 0 Å². The Hall–Kier alpha value is -0.833. The van der Waals surface area contributed by atoms with Crippen molar-refractivity contribution in [1.82, 2.24) is 0 Å². The van der Waals surface area contributed by atoms with Crippen LogP contribution in [0.15, 0.2) is 28.4 Å². The largest absolute Gasteiger partial charge is 0.478 e. The average Bonchev–Trinajstić information content (AvgIpc) is 2.84. The molecule has 18 heavy (non-hydrogen) atoms. The van der Waals surface area contributed by atoms with Crippen LogP contribution in [0.25, 0.3) is 0 Å². The SMILES string of the molecule is CC(C)(C)C1COC(C2C=CC=C2[Si](C)(C)C)=N1. The lowest BCUT2D eigenvalue weighted by Gasteiger charge is -2.24. The van der Waals surface area contributed by atoms with Crippen molar-refractivity contribution < 1.29 is 4.74 Å². The second-order valence-electron chi connectivity index (χ2n) is 7.39. The first-order chi connectivity index (χ1) is 8.19. The van der Waals surface area contributed by atoms with Crippen molar-refractivity contribution in [2.45, 2.75) is 46.5 Å². The number of allylic oxidation sites excluding steroid dienone is 2. The van der Waals surface area contributed by atoms with Gasteiger partial charge < -0.3 is 4.74 Å². The standard InChI is InChI=1S/C15H25NOSi/c1-15(2,3)13-10-17-14(16-13)11-8-7-9-12(11)18(4,5)6/h7-9,11,13H,10H2,1-6H3. The molecule has 0 aromatic heterocycles. The molecule has 0 bridgehead atoms. The predicted molar refractivity (Wildman–Crippen MR) is 80.7 cm³/mol. The van der Waals surface area contributed by atoms with E-state index < -0.39 is 8.07 Å². The van der Waals surface area contributed by atoms with E-state index in [0.29, 0.717) is 12.0 Å². The molecule has 0 radical (unpaired) electrons. The lowest BCUT2D eigenvalue weighted by Crippen LogP contribution is -2.31. The molecule has 0 spiro atoms. The maximum atomic E-state index is 5.88. The van der Waals surface area contributed by atoms with E-state index in [2.05, 4.69) is 58.6 Å². The average molecular weight is 263 g/mol. The van der Waals surface area contributed by atoms with E-state index in [4.69, 9.17) is 9.73 Å². The third-order valence-electron chi connectivity index (χ3n) is 3.72. The summed E-state index contributed by atoms with van der Waals surface area (Å²) in [7, 11) is -1.28. The van der Waals surface area contributed by atoms with Gasteiger partial charge in [-0.15, -0.1) is 0 Å². The maximum Gasteiger partial charge on any atom is 0.194 e. The summed E-state index contributed by atoms with van der Waals surface area (Å²) in [5.41, 5.74) is 0.188. The topological polar surface area (TPSA) is 21.6 Å². The van der Waals surface area contributed by atoms with Gasteiger partial charge >= 0.3 is 0 Å². The molecule has 2 nitrogen and oxygen atoms in total. The van der Waals surface area contributed by atoms with Crippen LogP contribution in [0.3, 0.4) is 0 Å². The normalized spacial score (nSPS) is 28.1. The minimum absolute atomic E-state index is 0.188. The summed E-state index contributed by atoms with van der Waals surface area (Å²) >= 11 is 0. The van der Waals surface area contributed by atoms with Crippen molar-refractivity contribution >= 4 is 14.0 Å². The van der Waals surface area contributed by atoms with Gasteiger partial charge in [-0.2, -0.15) is 0 Å². The highest BCUT2D eigenvalue weighted by Crippen LogP contribution is 2.34. The summed E-state index contributed by atoms with van der Waals surface area (Å²) in [4.78, 5) is 4.83. The van der Waals surface area contributed by atoms with Gasteiger partial charge in [0.2, 0.25) is 0 Å². The van der Waals surface area contributed by atoms with E-state index >= 15 is 0 Å². The zero-order chi connectivity index (χ0) is 13.6. The van der Waals surface area contributed by atoms with Crippen LogP contribution in [-0.2, 0) is 4.74 Å². The van der Waals surface area contributed by atoms with E-state index in [1.807, 2.05) is 0 Å². The van der Waals surface area contributed by atoms with Gasteiger partial charge in [0, 0.05) is 0 Å². The molecule has 2 aliphatic rings. The Morgan fingerprint density at radius 3 is 2.44 bits per heavy atom. The van der Waals surface area contributed by atoms with Crippen LogP contribution in [0.2, 0.25) is 19.6 Å². The second-order valence-corrected chi connectivity index (χ2v) is 12.5. The van der Waals surface area contributed by atoms with E-state index in [0.717, 1.165) is 12.5 Å². The van der Waals surface area contributed by atoms with Crippen LogP contribution in [0.5, 0.6) is 0 Å². The molecule has 3 heteroatoms. The van der Waals surface area contributed by atoms with E-state index in [9.17, 15) is 0 Å². The lowest BCUT2D eigenvalue weighted by molar-refractivity contribution is 0.232. The van der Waals surface area contributed by atoms with Gasteiger partial charge in [0.25, 0.3) is 0 Å². The van der Waals surface area contributed by atoms with Gasteiger partial charge in [0.15, 0.2) is 5.90 Å². The smallest absolute Gasteiger partial charge is 0.194 e. The second kappa shape index (κ2) is 4.37. The monoisotopic (exact) mass is 263 g/mol. The van der Waals surface area contributed by atoms with Crippen LogP contribution >= 0.6 is 0 Å². The first kappa shape index (κ1) is 13.6. The van der Waals surface area contributed by atoms with Crippen LogP contribution in [0.4, 0.5) is 0 Å². The quantitative estimate of drug-likeness (QED) is 0.694. The minimum atomic E-state index is -1.28. The Morgan fingerprint density at radius 2 is 1.94 bits per heavy atom. The first-order valence-electron chi connectivity index (χ1n) is 6.79. The third kappa shape index (κ3) is 2.61. The van der Waals surface area contributed by atoms with Crippen molar-refractivity contribution in [2.75, 3.05) is 6.61 Å². The fraction of sp³-hybridized carbons (Fsp3) is 0.667. The molecule has 0 aromatic carbocycles. The van der Waals surface area contributed by atoms with Crippen LogP contribution in [0.1, 0.15) is 20.8 Å². The van der Waals surface area contributed by atoms with Gasteiger partial charge in [-0.05, 0) is 5.41 Å². The van der Waals surface area contributed by atoms with Gasteiger partial charge in [-0.25, -0.2) is 4.99 Å². The fourth-order valence-corrected chi connectivity index (χ4v) is 4.16. The molecule has 1 aliphatic heterocycles. The molecule has 0 N–H and O–H groups in total. The Kier molecular flexibility index (Phi) is 3.30. The lowest BCUT2D eigenvalue weighted by atomic mass is 9.88. The fourth-order valence-electron chi connectivity index (χ4n) is 2.42. The number of ether oxygens (including phenoxy) is 1. The number of hydrogen-bond acceptors (Lipinski definition) is 2. The molecule has 0 amide bonds. The van der Waals surface area contributed by atoms with E-state index in [-0.39, 0.29) is 5.41 Å². The summed E-state index contributed by atoms with van der Waals surface area (Å²) in [5, 5.41) is 1.54. The highest BCUT2D eigenvalue weighted by atomic mass is 28.3. The van der Waals surface area contributed by atoms with Gasteiger partial charge in [0.1, 0.15) is 6.61 Å². The van der Waals surface area contributed by atoms with Crippen LogP contribution in [0, 0.1) is 11.3 Å². The van der Waals surface area contributed by atoms with Crippen molar-refractivity contribution in [3.8, 4) is 0 Å². The molecule has 1 heterocycles. The highest BCUT2D eigenvalue weighted by molar-refractivity contribution is 6.83. The minimum Gasteiger partial charge on any atom is -0.478 e. The first-order valence-corrected chi connectivity index (χ1v) is 10.3. The summed E-state index contributed by atoms with van der Waals surface area (Å²) in [6.45, 7) is 14.6. The van der Waals surface area contributed by atoms with Gasteiger partial charge in [0.05, 0.1) is 20.0 Å². The van der Waals surface area contributed by atoms with Crippen LogP contribution < -0.4 is 0 Å². The molecular formula is C15H25NOSi. The van der Waals surface area contributed by atoms with Crippen molar-refractivity contribution in [2.24, 2.45) is 16.3 Å². The molecular weight excluding hydrogens is 238 g/mol. The van der Waals surface area contributed by atoms with Gasteiger partial charge in [-0.1, -0.05) is 63.8 Å². The molecule has 100 valence electrons. The molecule has 2 atom stereocenters. The predicted octanol–water partition coefficient (Wildman–Crippen LogP) is 3.82. The van der Waals surface area contributed by atoms with Crippen LogP contribution in [-0.4, -0.2) is 26.6 Å². The molecule has 0 saturated carbocycles. The molecule has 2 unspecified atom stereocenters. The Bertz CT molecular complexity index is 421. The number of aliphatic imine (C=N–C) groups is 1. The summed E-state index contributed by atoms with van der Waals surface area (Å²) in [5.74, 6) is 1.25. The molecule has 0 aromatic rings. The van der Waals surface area contributed by atoms with Crippen molar-refractivity contribution in [3.05, 3.63) is 23.4 Å². The Morgan fingerprint density at radius 1 is 1.28 bits per heavy atom. The summed E-state index contributed by atoms with van der Waals surface area (Å²) in [6.07, 6.45) is 6.67. The zero-order valence-electron chi connectivity index (χ0n) is 12.4.